The number of nitrogens with zero attached hydrogens (tertiary/aromatic N) is 3. The van der Waals surface area contributed by atoms with Crippen LogP contribution in [0.3, 0.4) is 0 Å². The SMILES string of the molecule is O=C(CSc1nnc(-c2ccccc2F)o1)Nc1ccc(C(F)(F)F)cc1N1CCCC1. The topological polar surface area (TPSA) is 71.3 Å². The number of thioether (sulfide) groups is 1. The van der Waals surface area contributed by atoms with Crippen LogP contribution in [0.1, 0.15) is 18.4 Å². The molecule has 0 saturated carbocycles. The number of hydrogen-bond acceptors (Lipinski definition) is 6. The number of halogens is 4. The van der Waals surface area contributed by atoms with Crippen molar-refractivity contribution in [1.29, 1.82) is 0 Å². The molecule has 3 aromatic rings. The Kier molecular flexibility index (Phi) is 6.35. The van der Waals surface area contributed by atoms with Crippen LogP contribution >= 0.6 is 11.8 Å². The highest BCUT2D eigenvalue weighted by Gasteiger charge is 2.32. The summed E-state index contributed by atoms with van der Waals surface area (Å²) in [6.45, 7) is 1.25. The van der Waals surface area contributed by atoms with Crippen LogP contribution in [-0.2, 0) is 11.0 Å². The minimum absolute atomic E-state index is 0.00920. The number of carbonyl (C=O) groups excluding carboxylic acids is 1. The third kappa shape index (κ3) is 5.04. The minimum Gasteiger partial charge on any atom is -0.411 e. The van der Waals surface area contributed by atoms with Gasteiger partial charge in [-0.25, -0.2) is 4.39 Å². The van der Waals surface area contributed by atoms with Gasteiger partial charge in [0, 0.05) is 13.1 Å². The number of amides is 1. The van der Waals surface area contributed by atoms with Crippen LogP contribution in [0.25, 0.3) is 11.5 Å². The Labute approximate surface area is 185 Å². The molecule has 1 aromatic heterocycles. The zero-order chi connectivity index (χ0) is 22.7. The van der Waals surface area contributed by atoms with Crippen molar-refractivity contribution in [1.82, 2.24) is 10.2 Å². The van der Waals surface area contributed by atoms with Crippen molar-refractivity contribution < 1.29 is 26.8 Å². The zero-order valence-electron chi connectivity index (χ0n) is 16.7. The first kappa shape index (κ1) is 22.1. The van der Waals surface area contributed by atoms with E-state index in [9.17, 15) is 22.4 Å². The molecule has 1 N–H and O–H groups in total. The molecular weight excluding hydrogens is 448 g/mol. The quantitative estimate of drug-likeness (QED) is 0.397. The van der Waals surface area contributed by atoms with Crippen molar-refractivity contribution in [3.8, 4) is 11.5 Å². The zero-order valence-corrected chi connectivity index (χ0v) is 17.5. The highest BCUT2D eigenvalue weighted by atomic mass is 32.2. The van der Waals surface area contributed by atoms with E-state index in [1.54, 1.807) is 6.07 Å². The maximum Gasteiger partial charge on any atom is 0.416 e. The summed E-state index contributed by atoms with van der Waals surface area (Å²) >= 11 is 0.946. The molecule has 1 aliphatic rings. The minimum atomic E-state index is -4.47. The maximum atomic E-state index is 13.8. The fraction of sp³-hybridized carbons (Fsp3) is 0.286. The monoisotopic (exact) mass is 466 g/mol. The molecule has 32 heavy (non-hydrogen) atoms. The van der Waals surface area contributed by atoms with Crippen molar-refractivity contribution in [2.24, 2.45) is 0 Å². The summed E-state index contributed by atoms with van der Waals surface area (Å²) in [6, 6.07) is 9.20. The van der Waals surface area contributed by atoms with E-state index in [0.29, 0.717) is 24.5 Å². The van der Waals surface area contributed by atoms with E-state index in [0.717, 1.165) is 36.7 Å². The van der Waals surface area contributed by atoms with Crippen LogP contribution in [0.4, 0.5) is 28.9 Å². The second-order valence-electron chi connectivity index (χ2n) is 7.11. The molecule has 0 radical (unpaired) electrons. The van der Waals surface area contributed by atoms with Gasteiger partial charge in [0.05, 0.1) is 28.3 Å². The molecule has 0 bridgehead atoms. The van der Waals surface area contributed by atoms with Gasteiger partial charge in [-0.1, -0.05) is 23.9 Å². The summed E-state index contributed by atoms with van der Waals surface area (Å²) in [7, 11) is 0. The maximum absolute atomic E-state index is 13.8. The van der Waals surface area contributed by atoms with E-state index in [4.69, 9.17) is 4.42 Å². The Hall–Kier alpha value is -3.08. The first-order valence-corrected chi connectivity index (χ1v) is 10.8. The first-order valence-electron chi connectivity index (χ1n) is 9.78. The number of anilines is 2. The van der Waals surface area contributed by atoms with Crippen LogP contribution in [-0.4, -0.2) is 34.9 Å². The van der Waals surface area contributed by atoms with Crippen LogP contribution < -0.4 is 10.2 Å². The summed E-state index contributed by atoms with van der Waals surface area (Å²) in [5, 5.41) is 10.3. The second kappa shape index (κ2) is 9.19. The van der Waals surface area contributed by atoms with Crippen LogP contribution in [0.5, 0.6) is 0 Å². The number of aromatic nitrogens is 2. The van der Waals surface area contributed by atoms with Gasteiger partial charge < -0.3 is 14.6 Å². The first-order chi connectivity index (χ1) is 15.3. The summed E-state index contributed by atoms with van der Waals surface area (Å²) in [5.41, 5.74) is 0.0352. The molecule has 0 spiro atoms. The molecule has 2 aromatic carbocycles. The van der Waals surface area contributed by atoms with Gasteiger partial charge in [-0.3, -0.25) is 4.79 Å². The van der Waals surface area contributed by atoms with Gasteiger partial charge in [0.2, 0.25) is 5.91 Å². The number of nitrogens with one attached hydrogen (secondary N) is 1. The smallest absolute Gasteiger partial charge is 0.411 e. The standard InChI is InChI=1S/C21H18F4N4O2S/c22-15-6-2-1-5-14(15)19-27-28-20(31-19)32-12-18(30)26-16-8-7-13(21(23,24)25)11-17(16)29-9-3-4-10-29/h1-2,5-8,11H,3-4,9-10,12H2,(H,26,30). The molecular formula is C21H18F4N4O2S. The number of rotatable bonds is 6. The van der Waals surface area contributed by atoms with Gasteiger partial charge in [-0.2, -0.15) is 13.2 Å². The van der Waals surface area contributed by atoms with Crippen molar-refractivity contribution in [3.63, 3.8) is 0 Å². The van der Waals surface area contributed by atoms with Crippen LogP contribution in [0.2, 0.25) is 0 Å². The van der Waals surface area contributed by atoms with E-state index < -0.39 is 23.5 Å². The molecule has 1 saturated heterocycles. The number of alkyl halides is 3. The van der Waals surface area contributed by atoms with E-state index in [-0.39, 0.29) is 22.4 Å². The lowest BCUT2D eigenvalue weighted by molar-refractivity contribution is -0.137. The van der Waals surface area contributed by atoms with Crippen molar-refractivity contribution in [2.75, 3.05) is 29.1 Å². The summed E-state index contributed by atoms with van der Waals surface area (Å²) < 4.78 is 58.7. The summed E-state index contributed by atoms with van der Waals surface area (Å²) in [5.74, 6) is -1.08. The average Bonchev–Trinajstić information content (AvgIpc) is 3.44. The molecule has 4 rings (SSSR count). The molecule has 168 valence electrons. The van der Waals surface area contributed by atoms with Gasteiger partial charge in [0.25, 0.3) is 11.1 Å². The lowest BCUT2D eigenvalue weighted by Gasteiger charge is -2.23. The Morgan fingerprint density at radius 1 is 1.12 bits per heavy atom. The number of carbonyl (C=O) groups is 1. The van der Waals surface area contributed by atoms with Crippen molar-refractivity contribution in [3.05, 3.63) is 53.8 Å². The molecule has 1 aliphatic heterocycles. The second-order valence-corrected chi connectivity index (χ2v) is 8.04. The van der Waals surface area contributed by atoms with E-state index in [1.165, 1.54) is 24.3 Å². The predicted molar refractivity (Wildman–Crippen MR) is 112 cm³/mol. The lowest BCUT2D eigenvalue weighted by atomic mass is 10.1. The summed E-state index contributed by atoms with van der Waals surface area (Å²) in [6.07, 6.45) is -2.72. The third-order valence-corrected chi connectivity index (χ3v) is 5.70. The Bertz CT molecular complexity index is 1110. The van der Waals surface area contributed by atoms with Crippen LogP contribution in [0, 0.1) is 5.82 Å². The molecule has 6 nitrogen and oxygen atoms in total. The molecule has 1 fully saturated rings. The van der Waals surface area contributed by atoms with E-state index >= 15 is 0 Å². The molecule has 11 heteroatoms. The van der Waals surface area contributed by atoms with Gasteiger partial charge in [-0.15, -0.1) is 10.2 Å². The average molecular weight is 466 g/mol. The van der Waals surface area contributed by atoms with Gasteiger partial charge >= 0.3 is 6.18 Å². The van der Waals surface area contributed by atoms with E-state index in [2.05, 4.69) is 15.5 Å². The fourth-order valence-corrected chi connectivity index (χ4v) is 3.92. The highest BCUT2D eigenvalue weighted by molar-refractivity contribution is 7.99. The predicted octanol–water partition coefficient (Wildman–Crippen LogP) is 5.23. The summed E-state index contributed by atoms with van der Waals surface area (Å²) in [4.78, 5) is 14.3. The fourth-order valence-electron chi connectivity index (χ4n) is 3.36. The largest absolute Gasteiger partial charge is 0.416 e. The lowest BCUT2D eigenvalue weighted by Crippen LogP contribution is -2.22. The van der Waals surface area contributed by atoms with Gasteiger partial charge in [0.1, 0.15) is 5.82 Å². The Balaban J connectivity index is 1.44. The van der Waals surface area contributed by atoms with Gasteiger partial charge in [-0.05, 0) is 43.2 Å². The third-order valence-electron chi connectivity index (χ3n) is 4.88. The molecule has 0 atom stereocenters. The van der Waals surface area contributed by atoms with Gasteiger partial charge in [0.15, 0.2) is 0 Å². The van der Waals surface area contributed by atoms with Crippen molar-refractivity contribution >= 4 is 29.0 Å². The number of hydrogen-bond donors (Lipinski definition) is 1. The molecule has 0 aliphatic carbocycles. The normalized spacial score (nSPS) is 14.1. The van der Waals surface area contributed by atoms with E-state index in [1.807, 2.05) is 4.90 Å². The van der Waals surface area contributed by atoms with Crippen LogP contribution in [0.15, 0.2) is 52.1 Å². The molecule has 0 unspecified atom stereocenters. The van der Waals surface area contributed by atoms with Crippen molar-refractivity contribution in [2.45, 2.75) is 24.2 Å². The number of benzene rings is 2. The highest BCUT2D eigenvalue weighted by Crippen LogP contribution is 2.37. The molecule has 2 heterocycles. The molecule has 1 amide bonds. The Morgan fingerprint density at radius 2 is 1.88 bits per heavy atom. The Morgan fingerprint density at radius 3 is 2.59 bits per heavy atom.